The van der Waals surface area contributed by atoms with Gasteiger partial charge in [0, 0.05) is 21.0 Å². The molecular weight excluding hydrogens is 287 g/mol. The average Bonchev–Trinajstić information content (AvgIpc) is 2.85. The van der Waals surface area contributed by atoms with Crippen molar-refractivity contribution in [1.29, 1.82) is 0 Å². The number of aryl methyl sites for hydroxylation is 1. The lowest BCUT2D eigenvalue weighted by Crippen LogP contribution is -2.28. The number of halogens is 2. The molecule has 2 nitrogen and oxygen atoms in total. The summed E-state index contributed by atoms with van der Waals surface area (Å²) in [5.74, 6) is 5.61. The molecule has 3 N–H and O–H groups in total. The maximum Gasteiger partial charge on any atom is 0.0478 e. The second kappa shape index (κ2) is 6.55. The smallest absolute Gasteiger partial charge is 0.0478 e. The van der Waals surface area contributed by atoms with Crippen molar-refractivity contribution in [2.24, 2.45) is 5.84 Å². The summed E-state index contributed by atoms with van der Waals surface area (Å²) in [7, 11) is 0. The van der Waals surface area contributed by atoms with Gasteiger partial charge in [0.1, 0.15) is 0 Å². The quantitative estimate of drug-likeness (QED) is 0.642. The highest BCUT2D eigenvalue weighted by Crippen LogP contribution is 2.28. The molecule has 0 amide bonds. The molecule has 0 saturated heterocycles. The van der Waals surface area contributed by atoms with Gasteiger partial charge < -0.3 is 0 Å². The lowest BCUT2D eigenvalue weighted by Gasteiger charge is -2.17. The number of nitrogens with two attached hydrogens (primary N) is 1. The molecule has 2 rings (SSSR count). The Kier molecular flexibility index (Phi) is 5.03. The van der Waals surface area contributed by atoms with E-state index in [-0.39, 0.29) is 6.04 Å². The summed E-state index contributed by atoms with van der Waals surface area (Å²) in [5, 5.41) is 3.37. The van der Waals surface area contributed by atoms with E-state index >= 15 is 0 Å². The minimum Gasteiger partial charge on any atom is -0.271 e. The Morgan fingerprint density at radius 3 is 2.72 bits per heavy atom. The summed E-state index contributed by atoms with van der Waals surface area (Å²) in [4.78, 5) is 1.35. The van der Waals surface area contributed by atoms with Crippen molar-refractivity contribution in [2.75, 3.05) is 0 Å². The van der Waals surface area contributed by atoms with Crippen LogP contribution in [0.25, 0.3) is 0 Å². The monoisotopic (exact) mass is 300 g/mol. The van der Waals surface area contributed by atoms with Crippen molar-refractivity contribution >= 4 is 34.5 Å². The Bertz CT molecular complexity index is 500. The first-order valence-corrected chi connectivity index (χ1v) is 7.27. The van der Waals surface area contributed by atoms with Gasteiger partial charge in [-0.15, -0.1) is 11.3 Å². The number of rotatable bonds is 5. The van der Waals surface area contributed by atoms with E-state index in [1.165, 1.54) is 4.88 Å². The van der Waals surface area contributed by atoms with E-state index in [1.54, 1.807) is 17.4 Å². The van der Waals surface area contributed by atoms with Gasteiger partial charge in [-0.05, 0) is 42.0 Å². The molecule has 96 valence electrons. The topological polar surface area (TPSA) is 38.0 Å². The number of hydrogen-bond acceptors (Lipinski definition) is 3. The first-order chi connectivity index (χ1) is 8.70. The Morgan fingerprint density at radius 2 is 2.11 bits per heavy atom. The summed E-state index contributed by atoms with van der Waals surface area (Å²) >= 11 is 13.8. The third kappa shape index (κ3) is 3.46. The Morgan fingerprint density at radius 1 is 1.28 bits per heavy atom. The molecule has 1 atom stereocenters. The van der Waals surface area contributed by atoms with Crippen LogP contribution in [0.3, 0.4) is 0 Å². The summed E-state index contributed by atoms with van der Waals surface area (Å²) < 4.78 is 0. The highest BCUT2D eigenvalue weighted by Gasteiger charge is 2.13. The zero-order chi connectivity index (χ0) is 13.0. The van der Waals surface area contributed by atoms with Gasteiger partial charge in [-0.1, -0.05) is 35.3 Å². The number of thiophene rings is 1. The molecule has 0 aliphatic rings. The second-order valence-electron chi connectivity index (χ2n) is 4.00. The maximum atomic E-state index is 6.19. The van der Waals surface area contributed by atoms with E-state index in [9.17, 15) is 0 Å². The van der Waals surface area contributed by atoms with Crippen LogP contribution in [0.4, 0.5) is 0 Å². The Labute approximate surface area is 121 Å². The third-order valence-electron chi connectivity index (χ3n) is 2.80. The first-order valence-electron chi connectivity index (χ1n) is 5.64. The van der Waals surface area contributed by atoms with E-state index in [4.69, 9.17) is 29.0 Å². The molecule has 0 saturated carbocycles. The minimum absolute atomic E-state index is 0.0388. The van der Waals surface area contributed by atoms with Gasteiger partial charge >= 0.3 is 0 Å². The number of nitrogens with one attached hydrogen (secondary N) is 1. The van der Waals surface area contributed by atoms with Crippen LogP contribution in [0, 0.1) is 0 Å². The highest BCUT2D eigenvalue weighted by atomic mass is 35.5. The summed E-state index contributed by atoms with van der Waals surface area (Å²) in [6.07, 6.45) is 1.88. The Balaban J connectivity index is 2.08. The van der Waals surface area contributed by atoms with E-state index in [1.807, 2.05) is 12.1 Å². The SMILES string of the molecule is NNC(CCc1cccs1)c1ccc(Cl)cc1Cl. The normalized spacial score (nSPS) is 12.6. The van der Waals surface area contributed by atoms with Crippen molar-refractivity contribution < 1.29 is 0 Å². The molecule has 1 heterocycles. The number of hydrogen-bond donors (Lipinski definition) is 2. The van der Waals surface area contributed by atoms with Crippen molar-refractivity contribution in [2.45, 2.75) is 18.9 Å². The van der Waals surface area contributed by atoms with Crippen molar-refractivity contribution in [3.63, 3.8) is 0 Å². The molecule has 1 aromatic heterocycles. The fourth-order valence-corrected chi connectivity index (χ4v) is 3.12. The van der Waals surface area contributed by atoms with E-state index < -0.39 is 0 Å². The molecule has 1 unspecified atom stereocenters. The lowest BCUT2D eigenvalue weighted by atomic mass is 10.0. The molecule has 0 aliphatic heterocycles. The fraction of sp³-hybridized carbons (Fsp3) is 0.231. The van der Waals surface area contributed by atoms with Crippen LogP contribution in [0.15, 0.2) is 35.7 Å². The largest absolute Gasteiger partial charge is 0.271 e. The molecule has 0 fully saturated rings. The van der Waals surface area contributed by atoms with Gasteiger partial charge in [0.2, 0.25) is 0 Å². The molecule has 0 radical (unpaired) electrons. The predicted octanol–water partition coefficient (Wildman–Crippen LogP) is 4.19. The van der Waals surface area contributed by atoms with Crippen molar-refractivity contribution in [3.8, 4) is 0 Å². The van der Waals surface area contributed by atoms with Crippen LogP contribution < -0.4 is 11.3 Å². The van der Waals surface area contributed by atoms with Crippen LogP contribution in [-0.4, -0.2) is 0 Å². The van der Waals surface area contributed by atoms with Crippen LogP contribution in [-0.2, 0) is 6.42 Å². The molecule has 0 spiro atoms. The fourth-order valence-electron chi connectivity index (χ4n) is 1.85. The Hall–Kier alpha value is -0.580. The van der Waals surface area contributed by atoms with Crippen LogP contribution in [0.2, 0.25) is 10.0 Å². The van der Waals surface area contributed by atoms with E-state index in [0.29, 0.717) is 10.0 Å². The minimum atomic E-state index is 0.0388. The van der Waals surface area contributed by atoms with E-state index in [0.717, 1.165) is 18.4 Å². The highest BCUT2D eigenvalue weighted by molar-refractivity contribution is 7.09. The van der Waals surface area contributed by atoms with Crippen LogP contribution in [0.1, 0.15) is 22.9 Å². The molecule has 0 aliphatic carbocycles. The van der Waals surface area contributed by atoms with Gasteiger partial charge in [-0.2, -0.15) is 0 Å². The molecule has 2 aromatic rings. The molecule has 5 heteroatoms. The summed E-state index contributed by atoms with van der Waals surface area (Å²) in [6.45, 7) is 0. The zero-order valence-electron chi connectivity index (χ0n) is 9.70. The third-order valence-corrected chi connectivity index (χ3v) is 4.30. The van der Waals surface area contributed by atoms with Crippen LogP contribution in [0.5, 0.6) is 0 Å². The van der Waals surface area contributed by atoms with Gasteiger partial charge in [0.05, 0.1) is 0 Å². The predicted molar refractivity (Wildman–Crippen MR) is 79.2 cm³/mol. The van der Waals surface area contributed by atoms with Crippen LogP contribution >= 0.6 is 34.5 Å². The van der Waals surface area contributed by atoms with Gasteiger partial charge in [0.15, 0.2) is 0 Å². The van der Waals surface area contributed by atoms with Gasteiger partial charge in [-0.3, -0.25) is 11.3 Å². The molecular formula is C13H14Cl2N2S. The average molecular weight is 301 g/mol. The molecule has 18 heavy (non-hydrogen) atoms. The maximum absolute atomic E-state index is 6.19. The second-order valence-corrected chi connectivity index (χ2v) is 5.88. The standard InChI is InChI=1S/C13H14Cl2N2S/c14-9-3-5-11(12(15)8-9)13(17-16)6-4-10-2-1-7-18-10/h1-3,5,7-8,13,17H,4,6,16H2. The van der Waals surface area contributed by atoms with Gasteiger partial charge in [-0.25, -0.2) is 0 Å². The zero-order valence-corrected chi connectivity index (χ0v) is 12.0. The summed E-state index contributed by atoms with van der Waals surface area (Å²) in [5.41, 5.74) is 3.80. The number of benzene rings is 1. The molecule has 0 bridgehead atoms. The summed E-state index contributed by atoms with van der Waals surface area (Å²) in [6, 6.07) is 9.72. The molecule has 1 aromatic carbocycles. The first kappa shape index (κ1) is 13.8. The van der Waals surface area contributed by atoms with Crippen molar-refractivity contribution in [3.05, 3.63) is 56.2 Å². The number of hydrazine groups is 1. The van der Waals surface area contributed by atoms with Gasteiger partial charge in [0.25, 0.3) is 0 Å². The van der Waals surface area contributed by atoms with E-state index in [2.05, 4.69) is 22.9 Å². The van der Waals surface area contributed by atoms with Crippen molar-refractivity contribution in [1.82, 2.24) is 5.43 Å². The lowest BCUT2D eigenvalue weighted by molar-refractivity contribution is 0.518.